The summed E-state index contributed by atoms with van der Waals surface area (Å²) in [6.07, 6.45) is 13.9. The molecule has 0 aromatic heterocycles. The molecular formula is C10H12Cl2. The highest BCUT2D eigenvalue weighted by atomic mass is 35.5. The first kappa shape index (κ1) is 9.88. The zero-order valence-electron chi connectivity index (χ0n) is 6.79. The number of alkyl halides is 2. The van der Waals surface area contributed by atoms with Gasteiger partial charge in [0.1, 0.15) is 0 Å². The quantitative estimate of drug-likeness (QED) is 0.527. The van der Waals surface area contributed by atoms with Crippen LogP contribution in [-0.4, -0.2) is 10.8 Å². The summed E-state index contributed by atoms with van der Waals surface area (Å²) in [5.41, 5.74) is 0. The minimum absolute atomic E-state index is 0.0408. The Labute approximate surface area is 83.6 Å². The largest absolute Gasteiger partial charge is 0.121 e. The van der Waals surface area contributed by atoms with E-state index in [2.05, 4.69) is 6.08 Å². The van der Waals surface area contributed by atoms with E-state index in [0.29, 0.717) is 0 Å². The number of rotatable bonds is 0. The van der Waals surface area contributed by atoms with Gasteiger partial charge in [0, 0.05) is 0 Å². The Balaban J connectivity index is 2.60. The molecule has 0 bridgehead atoms. The van der Waals surface area contributed by atoms with Crippen LogP contribution in [0.3, 0.4) is 0 Å². The van der Waals surface area contributed by atoms with Crippen LogP contribution >= 0.6 is 23.2 Å². The first-order valence-electron chi connectivity index (χ1n) is 4.09. The first-order chi connectivity index (χ1) is 5.80. The third-order valence-corrected chi connectivity index (χ3v) is 2.79. The Hall–Kier alpha value is -0.200. The Bertz CT molecular complexity index is 204. The molecule has 0 aromatic rings. The van der Waals surface area contributed by atoms with E-state index >= 15 is 0 Å². The summed E-state index contributed by atoms with van der Waals surface area (Å²) in [5.74, 6) is 0. The fraction of sp³-hybridized carbons (Fsp3) is 0.400. The molecule has 0 aliphatic heterocycles. The minimum atomic E-state index is -0.0529. The van der Waals surface area contributed by atoms with Crippen molar-refractivity contribution in [3.63, 3.8) is 0 Å². The summed E-state index contributed by atoms with van der Waals surface area (Å²) in [6.45, 7) is 0. The normalized spacial score (nSPS) is 38.5. The van der Waals surface area contributed by atoms with Crippen LogP contribution in [0.4, 0.5) is 0 Å². The fourth-order valence-electron chi connectivity index (χ4n) is 1.01. The first-order valence-corrected chi connectivity index (χ1v) is 4.96. The average Bonchev–Trinajstić information content (AvgIpc) is 2.08. The summed E-state index contributed by atoms with van der Waals surface area (Å²) < 4.78 is 0. The molecule has 1 aliphatic rings. The molecule has 1 aliphatic carbocycles. The molecule has 0 unspecified atom stereocenters. The molecule has 1 rings (SSSR count). The van der Waals surface area contributed by atoms with Crippen molar-refractivity contribution in [2.45, 2.75) is 23.6 Å². The zero-order chi connectivity index (χ0) is 8.81. The van der Waals surface area contributed by atoms with Gasteiger partial charge in [-0.1, -0.05) is 36.5 Å². The fourth-order valence-corrected chi connectivity index (χ4v) is 1.43. The molecule has 0 N–H and O–H groups in total. The van der Waals surface area contributed by atoms with Crippen LogP contribution < -0.4 is 0 Å². The second kappa shape index (κ2) is 5.45. The van der Waals surface area contributed by atoms with Gasteiger partial charge in [-0.3, -0.25) is 0 Å². The Kier molecular flexibility index (Phi) is 4.49. The van der Waals surface area contributed by atoms with Gasteiger partial charge in [0.2, 0.25) is 0 Å². The average molecular weight is 203 g/mol. The van der Waals surface area contributed by atoms with E-state index in [4.69, 9.17) is 23.2 Å². The molecule has 0 fully saturated rings. The van der Waals surface area contributed by atoms with Crippen molar-refractivity contribution in [3.8, 4) is 0 Å². The van der Waals surface area contributed by atoms with Gasteiger partial charge in [0.25, 0.3) is 0 Å². The SMILES string of the molecule is Cl[C@@H]1\C=C/C=C\C=C\CC[C@H]1Cl. The topological polar surface area (TPSA) is 0 Å². The number of hydrogen-bond donors (Lipinski definition) is 0. The molecule has 0 saturated heterocycles. The van der Waals surface area contributed by atoms with E-state index in [0.717, 1.165) is 12.8 Å². The molecule has 0 nitrogen and oxygen atoms in total. The summed E-state index contributed by atoms with van der Waals surface area (Å²) >= 11 is 12.0. The predicted molar refractivity (Wildman–Crippen MR) is 55.9 cm³/mol. The summed E-state index contributed by atoms with van der Waals surface area (Å²) in [7, 11) is 0. The van der Waals surface area contributed by atoms with Crippen LogP contribution in [-0.2, 0) is 0 Å². The lowest BCUT2D eigenvalue weighted by Crippen LogP contribution is -2.11. The van der Waals surface area contributed by atoms with Gasteiger partial charge >= 0.3 is 0 Å². The van der Waals surface area contributed by atoms with Crippen molar-refractivity contribution < 1.29 is 0 Å². The molecule has 2 atom stereocenters. The van der Waals surface area contributed by atoms with E-state index in [1.165, 1.54) is 0 Å². The third-order valence-electron chi connectivity index (χ3n) is 1.72. The molecule has 0 spiro atoms. The Morgan fingerprint density at radius 3 is 2.58 bits per heavy atom. The highest BCUT2D eigenvalue weighted by Crippen LogP contribution is 2.17. The van der Waals surface area contributed by atoms with Gasteiger partial charge in [0.05, 0.1) is 10.8 Å². The van der Waals surface area contributed by atoms with Crippen molar-refractivity contribution in [3.05, 3.63) is 36.5 Å². The van der Waals surface area contributed by atoms with Gasteiger partial charge in [0.15, 0.2) is 0 Å². The predicted octanol–water partition coefficient (Wildman–Crippen LogP) is 3.66. The lowest BCUT2D eigenvalue weighted by atomic mass is 10.1. The van der Waals surface area contributed by atoms with Crippen LogP contribution in [0.2, 0.25) is 0 Å². The Morgan fingerprint density at radius 1 is 1.00 bits per heavy atom. The molecule has 0 radical (unpaired) electrons. The third kappa shape index (κ3) is 3.46. The highest BCUT2D eigenvalue weighted by molar-refractivity contribution is 6.30. The maximum Gasteiger partial charge on any atom is 0.0682 e. The monoisotopic (exact) mass is 202 g/mol. The maximum atomic E-state index is 6.03. The second-order valence-corrected chi connectivity index (χ2v) is 3.80. The van der Waals surface area contributed by atoms with Crippen molar-refractivity contribution in [1.82, 2.24) is 0 Å². The standard InChI is InChI=1S/C10H12Cl2/c11-9-7-5-3-1-2-4-6-8-10(9)12/h1-5,7,9-10H,6,8H2/b3-1-,4-2+,7-5-/t9-,10-/m1/s1. The highest BCUT2D eigenvalue weighted by Gasteiger charge is 2.12. The van der Waals surface area contributed by atoms with Crippen molar-refractivity contribution >= 4 is 23.2 Å². The van der Waals surface area contributed by atoms with Crippen molar-refractivity contribution in [2.75, 3.05) is 0 Å². The van der Waals surface area contributed by atoms with Crippen LogP contribution in [0, 0.1) is 0 Å². The molecule has 66 valence electrons. The van der Waals surface area contributed by atoms with Gasteiger partial charge < -0.3 is 0 Å². The van der Waals surface area contributed by atoms with Crippen LogP contribution in [0.5, 0.6) is 0 Å². The van der Waals surface area contributed by atoms with E-state index in [1.807, 2.05) is 30.4 Å². The van der Waals surface area contributed by atoms with Gasteiger partial charge in [-0.25, -0.2) is 0 Å². The molecule has 0 heterocycles. The lowest BCUT2D eigenvalue weighted by Gasteiger charge is -2.10. The van der Waals surface area contributed by atoms with Crippen LogP contribution in [0.1, 0.15) is 12.8 Å². The molecule has 0 amide bonds. The smallest absolute Gasteiger partial charge is 0.0682 e. The molecule has 2 heteroatoms. The van der Waals surface area contributed by atoms with Gasteiger partial charge in [-0.15, -0.1) is 23.2 Å². The zero-order valence-corrected chi connectivity index (χ0v) is 8.30. The van der Waals surface area contributed by atoms with Crippen molar-refractivity contribution in [1.29, 1.82) is 0 Å². The van der Waals surface area contributed by atoms with Crippen LogP contribution in [0.15, 0.2) is 36.5 Å². The lowest BCUT2D eigenvalue weighted by molar-refractivity contribution is 0.776. The number of halogens is 2. The van der Waals surface area contributed by atoms with E-state index in [-0.39, 0.29) is 10.8 Å². The number of allylic oxidation sites excluding steroid dienone is 6. The minimum Gasteiger partial charge on any atom is -0.121 e. The van der Waals surface area contributed by atoms with Gasteiger partial charge in [-0.2, -0.15) is 0 Å². The molecule has 0 saturated carbocycles. The van der Waals surface area contributed by atoms with Crippen LogP contribution in [0.25, 0.3) is 0 Å². The van der Waals surface area contributed by atoms with Gasteiger partial charge in [-0.05, 0) is 12.8 Å². The number of hydrogen-bond acceptors (Lipinski definition) is 0. The summed E-state index contributed by atoms with van der Waals surface area (Å²) in [6, 6.07) is 0. The summed E-state index contributed by atoms with van der Waals surface area (Å²) in [4.78, 5) is 0. The summed E-state index contributed by atoms with van der Waals surface area (Å²) in [5, 5.41) is -0.0121. The molecule has 0 aromatic carbocycles. The second-order valence-electron chi connectivity index (χ2n) is 2.74. The van der Waals surface area contributed by atoms with E-state index in [1.54, 1.807) is 0 Å². The van der Waals surface area contributed by atoms with Crippen molar-refractivity contribution in [2.24, 2.45) is 0 Å². The molecule has 12 heavy (non-hydrogen) atoms. The molecular weight excluding hydrogens is 191 g/mol. The van der Waals surface area contributed by atoms with E-state index in [9.17, 15) is 0 Å². The maximum absolute atomic E-state index is 6.03. The van der Waals surface area contributed by atoms with E-state index < -0.39 is 0 Å². The Morgan fingerprint density at radius 2 is 1.75 bits per heavy atom.